The number of urea groups is 1. The van der Waals surface area contributed by atoms with E-state index in [4.69, 9.17) is 4.74 Å². The van der Waals surface area contributed by atoms with Crippen LogP contribution in [0, 0.1) is 18.6 Å². The first-order valence-electron chi connectivity index (χ1n) is 7.20. The zero-order chi connectivity index (χ0) is 16.7. The summed E-state index contributed by atoms with van der Waals surface area (Å²) in [5, 5.41) is 5.33. The molecule has 2 aromatic carbocycles. The Kier molecular flexibility index (Phi) is 5.91. The number of hydrogen-bond donors (Lipinski definition) is 2. The zero-order valence-electron chi connectivity index (χ0n) is 12.7. The number of amides is 2. The molecular formula is C17H18F2N2O2. The molecule has 0 heterocycles. The summed E-state index contributed by atoms with van der Waals surface area (Å²) in [6.07, 6.45) is 0. The predicted octanol–water partition coefficient (Wildman–Crippen LogP) is 3.15. The molecule has 0 aromatic heterocycles. The molecular weight excluding hydrogens is 302 g/mol. The van der Waals surface area contributed by atoms with Crippen LogP contribution in [0.5, 0.6) is 5.75 Å². The Bertz CT molecular complexity index is 677. The number of nitrogens with one attached hydrogen (secondary N) is 2. The van der Waals surface area contributed by atoms with Crippen molar-refractivity contribution in [2.45, 2.75) is 13.5 Å². The van der Waals surface area contributed by atoms with Crippen LogP contribution in [0.15, 0.2) is 42.5 Å². The topological polar surface area (TPSA) is 50.4 Å². The summed E-state index contributed by atoms with van der Waals surface area (Å²) in [7, 11) is 0. The van der Waals surface area contributed by atoms with Crippen LogP contribution < -0.4 is 15.4 Å². The van der Waals surface area contributed by atoms with Gasteiger partial charge in [0.05, 0.1) is 6.54 Å². The summed E-state index contributed by atoms with van der Waals surface area (Å²) >= 11 is 0. The Morgan fingerprint density at radius 1 is 1.13 bits per heavy atom. The van der Waals surface area contributed by atoms with E-state index in [-0.39, 0.29) is 24.9 Å². The minimum atomic E-state index is -0.769. The fraction of sp³-hybridized carbons (Fsp3) is 0.235. The van der Waals surface area contributed by atoms with Crippen LogP contribution >= 0.6 is 0 Å². The number of carbonyl (C=O) groups is 1. The van der Waals surface area contributed by atoms with Gasteiger partial charge in [-0.05, 0) is 30.2 Å². The third kappa shape index (κ3) is 5.25. The van der Waals surface area contributed by atoms with Crippen LogP contribution in [0.3, 0.4) is 0 Å². The van der Waals surface area contributed by atoms with Gasteiger partial charge in [0.25, 0.3) is 0 Å². The maximum Gasteiger partial charge on any atom is 0.315 e. The van der Waals surface area contributed by atoms with Crippen molar-refractivity contribution in [3.63, 3.8) is 0 Å². The monoisotopic (exact) mass is 320 g/mol. The number of aryl methyl sites for hydroxylation is 1. The van der Waals surface area contributed by atoms with Gasteiger partial charge in [-0.1, -0.05) is 24.3 Å². The summed E-state index contributed by atoms with van der Waals surface area (Å²) in [5.74, 6) is -1.48. The van der Waals surface area contributed by atoms with Crippen molar-refractivity contribution in [3.8, 4) is 5.75 Å². The van der Waals surface area contributed by atoms with Crippen molar-refractivity contribution in [1.82, 2.24) is 10.6 Å². The lowest BCUT2D eigenvalue weighted by atomic mass is 10.1. The SMILES string of the molecule is Cc1ccccc1CNC(=O)NCCOc1ccc(F)cc1F. The Morgan fingerprint density at radius 3 is 2.65 bits per heavy atom. The van der Waals surface area contributed by atoms with E-state index in [1.807, 2.05) is 31.2 Å². The first-order chi connectivity index (χ1) is 11.1. The second kappa shape index (κ2) is 8.12. The van der Waals surface area contributed by atoms with Crippen LogP contribution in [0.25, 0.3) is 0 Å². The Balaban J connectivity index is 1.68. The highest BCUT2D eigenvalue weighted by atomic mass is 19.1. The van der Waals surface area contributed by atoms with Crippen molar-refractivity contribution in [1.29, 1.82) is 0 Å². The van der Waals surface area contributed by atoms with E-state index in [1.165, 1.54) is 6.07 Å². The standard InChI is InChI=1S/C17H18F2N2O2/c1-12-4-2-3-5-13(12)11-21-17(22)20-8-9-23-16-7-6-14(18)10-15(16)19/h2-7,10H,8-9,11H2,1H3,(H2,20,21,22). The third-order valence-electron chi connectivity index (χ3n) is 3.24. The number of carbonyl (C=O) groups excluding carboxylic acids is 1. The number of benzene rings is 2. The van der Waals surface area contributed by atoms with Crippen LogP contribution in [0.4, 0.5) is 13.6 Å². The molecule has 0 atom stereocenters. The smallest absolute Gasteiger partial charge is 0.315 e. The zero-order valence-corrected chi connectivity index (χ0v) is 12.7. The molecule has 0 radical (unpaired) electrons. The molecule has 0 spiro atoms. The van der Waals surface area contributed by atoms with Gasteiger partial charge in [-0.25, -0.2) is 13.6 Å². The lowest BCUT2D eigenvalue weighted by molar-refractivity contribution is 0.235. The molecule has 2 amide bonds. The van der Waals surface area contributed by atoms with Gasteiger partial charge in [0.1, 0.15) is 12.4 Å². The summed E-state index contributed by atoms with van der Waals surface area (Å²) in [5.41, 5.74) is 2.13. The lowest BCUT2D eigenvalue weighted by Gasteiger charge is -2.10. The van der Waals surface area contributed by atoms with Gasteiger partial charge in [0.2, 0.25) is 0 Å². The molecule has 0 aliphatic rings. The van der Waals surface area contributed by atoms with Gasteiger partial charge in [-0.3, -0.25) is 0 Å². The van der Waals surface area contributed by atoms with Gasteiger partial charge in [0, 0.05) is 12.6 Å². The second-order valence-corrected chi connectivity index (χ2v) is 4.96. The van der Waals surface area contributed by atoms with Crippen LogP contribution in [0.2, 0.25) is 0 Å². The Hall–Kier alpha value is -2.63. The summed E-state index contributed by atoms with van der Waals surface area (Å²) in [6.45, 7) is 2.68. The van der Waals surface area contributed by atoms with E-state index in [2.05, 4.69) is 10.6 Å². The number of hydrogen-bond acceptors (Lipinski definition) is 2. The van der Waals surface area contributed by atoms with Gasteiger partial charge in [-0.15, -0.1) is 0 Å². The van der Waals surface area contributed by atoms with Crippen molar-refractivity contribution in [2.24, 2.45) is 0 Å². The van der Waals surface area contributed by atoms with Gasteiger partial charge >= 0.3 is 6.03 Å². The molecule has 0 saturated heterocycles. The number of rotatable bonds is 6. The summed E-state index contributed by atoms with van der Waals surface area (Å²) in [6, 6.07) is 10.5. The van der Waals surface area contributed by atoms with E-state index in [0.29, 0.717) is 6.54 Å². The van der Waals surface area contributed by atoms with Crippen molar-refractivity contribution in [3.05, 3.63) is 65.2 Å². The largest absolute Gasteiger partial charge is 0.489 e. The van der Waals surface area contributed by atoms with Crippen molar-refractivity contribution in [2.75, 3.05) is 13.2 Å². The van der Waals surface area contributed by atoms with E-state index < -0.39 is 11.6 Å². The highest BCUT2D eigenvalue weighted by Gasteiger charge is 2.05. The van der Waals surface area contributed by atoms with E-state index >= 15 is 0 Å². The van der Waals surface area contributed by atoms with Crippen molar-refractivity contribution < 1.29 is 18.3 Å². The van der Waals surface area contributed by atoms with Crippen LogP contribution in [-0.4, -0.2) is 19.2 Å². The third-order valence-corrected chi connectivity index (χ3v) is 3.24. The molecule has 0 unspecified atom stereocenters. The molecule has 6 heteroatoms. The van der Waals surface area contributed by atoms with E-state index in [0.717, 1.165) is 23.3 Å². The highest BCUT2D eigenvalue weighted by molar-refractivity contribution is 5.73. The molecule has 2 N–H and O–H groups in total. The minimum absolute atomic E-state index is 0.0477. The molecule has 23 heavy (non-hydrogen) atoms. The fourth-order valence-corrected chi connectivity index (χ4v) is 1.96. The highest BCUT2D eigenvalue weighted by Crippen LogP contribution is 2.17. The predicted molar refractivity (Wildman–Crippen MR) is 83.3 cm³/mol. The van der Waals surface area contributed by atoms with Crippen LogP contribution in [0.1, 0.15) is 11.1 Å². The molecule has 0 aliphatic carbocycles. The number of halogens is 2. The van der Waals surface area contributed by atoms with Crippen molar-refractivity contribution >= 4 is 6.03 Å². The Morgan fingerprint density at radius 2 is 1.91 bits per heavy atom. The van der Waals surface area contributed by atoms with Crippen LogP contribution in [-0.2, 0) is 6.54 Å². The Labute approximate surface area is 133 Å². The molecule has 0 fully saturated rings. The average molecular weight is 320 g/mol. The quantitative estimate of drug-likeness (QED) is 0.803. The first-order valence-corrected chi connectivity index (χ1v) is 7.20. The molecule has 0 aliphatic heterocycles. The minimum Gasteiger partial charge on any atom is -0.489 e. The van der Waals surface area contributed by atoms with Gasteiger partial charge < -0.3 is 15.4 Å². The first kappa shape index (κ1) is 16.7. The van der Waals surface area contributed by atoms with Gasteiger partial charge in [0.15, 0.2) is 11.6 Å². The van der Waals surface area contributed by atoms with E-state index in [9.17, 15) is 13.6 Å². The second-order valence-electron chi connectivity index (χ2n) is 4.96. The fourth-order valence-electron chi connectivity index (χ4n) is 1.96. The molecule has 2 aromatic rings. The molecule has 4 nitrogen and oxygen atoms in total. The molecule has 2 rings (SSSR count). The molecule has 122 valence electrons. The normalized spacial score (nSPS) is 10.2. The number of ether oxygens (including phenoxy) is 1. The van der Waals surface area contributed by atoms with E-state index in [1.54, 1.807) is 0 Å². The molecule has 0 bridgehead atoms. The summed E-state index contributed by atoms with van der Waals surface area (Å²) in [4.78, 5) is 11.6. The van der Waals surface area contributed by atoms with Gasteiger partial charge in [-0.2, -0.15) is 0 Å². The average Bonchev–Trinajstić information content (AvgIpc) is 2.52. The summed E-state index contributed by atoms with van der Waals surface area (Å²) < 4.78 is 31.2. The maximum atomic E-state index is 13.3. The maximum absolute atomic E-state index is 13.3. The lowest BCUT2D eigenvalue weighted by Crippen LogP contribution is -2.37. The molecule has 0 saturated carbocycles.